The highest BCUT2D eigenvalue weighted by molar-refractivity contribution is 5.97. The van der Waals surface area contributed by atoms with Crippen molar-refractivity contribution < 1.29 is 24.2 Å². The summed E-state index contributed by atoms with van der Waals surface area (Å²) in [6.07, 6.45) is 2.82. The Hall–Kier alpha value is -3.77. The third-order valence-electron chi connectivity index (χ3n) is 6.28. The van der Waals surface area contributed by atoms with Crippen LogP contribution in [0.3, 0.4) is 0 Å². The van der Waals surface area contributed by atoms with Crippen LogP contribution < -0.4 is 14.8 Å². The monoisotopic (exact) mass is 508 g/mol. The number of para-hydroxylation sites is 2. The van der Waals surface area contributed by atoms with Crippen LogP contribution >= 0.6 is 0 Å². The van der Waals surface area contributed by atoms with E-state index in [1.807, 2.05) is 26.0 Å². The number of ether oxygens (including phenoxy) is 2. The summed E-state index contributed by atoms with van der Waals surface area (Å²) in [5, 5.41) is 12.7. The molecular formula is C28H36N4O5. The Morgan fingerprint density at radius 2 is 2.16 bits per heavy atom. The minimum absolute atomic E-state index is 0.154. The first kappa shape index (κ1) is 27.8. The van der Waals surface area contributed by atoms with Crippen LogP contribution in [0.15, 0.2) is 36.5 Å². The number of methoxy groups -OCH3 is 1. The molecule has 37 heavy (non-hydrogen) atoms. The van der Waals surface area contributed by atoms with E-state index in [2.05, 4.69) is 22.1 Å². The van der Waals surface area contributed by atoms with Gasteiger partial charge >= 0.3 is 6.03 Å². The molecule has 1 aliphatic rings. The number of urea groups is 1. The lowest BCUT2D eigenvalue weighted by atomic mass is 10.00. The fraction of sp³-hybridized carbons (Fsp3) is 0.464. The summed E-state index contributed by atoms with van der Waals surface area (Å²) in [6.45, 7) is 6.22. The van der Waals surface area contributed by atoms with Crippen molar-refractivity contribution >= 4 is 17.6 Å². The number of anilines is 1. The highest BCUT2D eigenvalue weighted by atomic mass is 16.5. The second-order valence-electron chi connectivity index (χ2n) is 9.26. The van der Waals surface area contributed by atoms with Crippen LogP contribution in [0.2, 0.25) is 0 Å². The summed E-state index contributed by atoms with van der Waals surface area (Å²) >= 11 is 0. The number of unbranched alkanes of at least 4 members (excludes halogenated alkanes) is 1. The van der Waals surface area contributed by atoms with Crippen LogP contribution in [0.25, 0.3) is 0 Å². The standard InChI is InChI=1S/C28H36N4O5/c1-6-7-8-11-21-14-22-26(29-15-21)37-25(19(2)16-32(27(22)34)20(3)18-33)17-31(4)28(35)30-23-12-9-10-13-24(23)36-5/h9-10,12-15,19-20,25,33H,6-7,16-18H2,1-5H3,(H,30,35)/t19-,20-,25-/m0/s1. The number of hydrogen-bond acceptors (Lipinski definition) is 6. The number of carbonyl (C=O) groups excluding carboxylic acids is 2. The number of aliphatic hydroxyl groups excluding tert-OH is 1. The summed E-state index contributed by atoms with van der Waals surface area (Å²) in [5.74, 6) is 6.45. The predicted molar refractivity (Wildman–Crippen MR) is 142 cm³/mol. The molecular weight excluding hydrogens is 472 g/mol. The number of hydrogen-bond donors (Lipinski definition) is 2. The minimum atomic E-state index is -0.460. The molecule has 9 heteroatoms. The largest absolute Gasteiger partial charge is 0.495 e. The van der Waals surface area contributed by atoms with Gasteiger partial charge in [-0.3, -0.25) is 4.79 Å². The van der Waals surface area contributed by atoms with Gasteiger partial charge in [0.2, 0.25) is 5.88 Å². The second-order valence-corrected chi connectivity index (χ2v) is 9.26. The zero-order valence-corrected chi connectivity index (χ0v) is 22.2. The molecule has 0 unspecified atom stereocenters. The normalized spacial score (nSPS) is 17.8. The van der Waals surface area contributed by atoms with E-state index in [1.165, 1.54) is 4.90 Å². The van der Waals surface area contributed by atoms with Crippen LogP contribution in [0, 0.1) is 17.8 Å². The molecule has 0 saturated heterocycles. The summed E-state index contributed by atoms with van der Waals surface area (Å²) in [5.41, 5.74) is 1.48. The van der Waals surface area contributed by atoms with E-state index in [1.54, 1.807) is 50.4 Å². The maximum Gasteiger partial charge on any atom is 0.321 e. The molecule has 2 aromatic rings. The first-order valence-electron chi connectivity index (χ1n) is 12.5. The van der Waals surface area contributed by atoms with Crippen LogP contribution in [-0.2, 0) is 0 Å². The van der Waals surface area contributed by atoms with Crippen molar-refractivity contribution in [2.75, 3.05) is 39.2 Å². The molecule has 2 heterocycles. The molecule has 2 N–H and O–H groups in total. The first-order valence-corrected chi connectivity index (χ1v) is 12.5. The van der Waals surface area contributed by atoms with Crippen molar-refractivity contribution in [1.82, 2.24) is 14.8 Å². The van der Waals surface area contributed by atoms with E-state index in [4.69, 9.17) is 9.47 Å². The highest BCUT2D eigenvalue weighted by Gasteiger charge is 2.34. The second kappa shape index (κ2) is 13.0. The van der Waals surface area contributed by atoms with E-state index in [9.17, 15) is 14.7 Å². The molecule has 0 radical (unpaired) electrons. The number of nitrogens with one attached hydrogen (secondary N) is 1. The average molecular weight is 509 g/mol. The van der Waals surface area contributed by atoms with Gasteiger partial charge in [-0.25, -0.2) is 9.78 Å². The Labute approximate surface area is 218 Å². The fourth-order valence-corrected chi connectivity index (χ4v) is 3.99. The molecule has 0 saturated carbocycles. The van der Waals surface area contributed by atoms with E-state index >= 15 is 0 Å². The zero-order valence-electron chi connectivity index (χ0n) is 22.2. The molecule has 0 fully saturated rings. The van der Waals surface area contributed by atoms with E-state index in [0.717, 1.165) is 12.8 Å². The zero-order chi connectivity index (χ0) is 26.9. The van der Waals surface area contributed by atoms with Gasteiger partial charge in [-0.2, -0.15) is 0 Å². The van der Waals surface area contributed by atoms with E-state index < -0.39 is 12.1 Å². The molecule has 1 aromatic carbocycles. The van der Waals surface area contributed by atoms with Gasteiger partial charge in [0.05, 0.1) is 32.0 Å². The Balaban J connectivity index is 1.87. The molecule has 0 bridgehead atoms. The summed E-state index contributed by atoms with van der Waals surface area (Å²) in [4.78, 5) is 34.0. The number of nitrogens with zero attached hydrogens (tertiary/aromatic N) is 3. The molecule has 3 atom stereocenters. The van der Waals surface area contributed by atoms with Gasteiger partial charge in [-0.1, -0.05) is 37.8 Å². The molecule has 0 spiro atoms. The van der Waals surface area contributed by atoms with Gasteiger partial charge in [0.15, 0.2) is 0 Å². The molecule has 0 aliphatic carbocycles. The van der Waals surface area contributed by atoms with Crippen molar-refractivity contribution in [3.8, 4) is 23.5 Å². The van der Waals surface area contributed by atoms with E-state index in [0.29, 0.717) is 29.1 Å². The van der Waals surface area contributed by atoms with Crippen LogP contribution in [0.1, 0.15) is 49.5 Å². The van der Waals surface area contributed by atoms with Crippen molar-refractivity contribution in [3.63, 3.8) is 0 Å². The number of amides is 3. The molecule has 9 nitrogen and oxygen atoms in total. The highest BCUT2D eigenvalue weighted by Crippen LogP contribution is 2.28. The van der Waals surface area contributed by atoms with Crippen molar-refractivity contribution in [3.05, 3.63) is 47.7 Å². The molecule has 198 valence electrons. The lowest BCUT2D eigenvalue weighted by molar-refractivity contribution is 0.0356. The van der Waals surface area contributed by atoms with Gasteiger partial charge in [0, 0.05) is 37.7 Å². The third kappa shape index (κ3) is 6.92. The number of carbonyl (C=O) groups is 2. The SMILES string of the molecule is CCCC#Cc1cnc2c(c1)C(=O)N([C@@H](C)CO)C[C@H](C)[C@H](CN(C)C(=O)Nc1ccccc1OC)O2. The number of aromatic nitrogens is 1. The molecule has 1 aliphatic heterocycles. The van der Waals surface area contributed by atoms with Crippen LogP contribution in [0.4, 0.5) is 10.5 Å². The van der Waals surface area contributed by atoms with E-state index in [-0.39, 0.29) is 36.9 Å². The first-order chi connectivity index (χ1) is 17.8. The van der Waals surface area contributed by atoms with Gasteiger partial charge in [-0.15, -0.1) is 0 Å². The van der Waals surface area contributed by atoms with Gasteiger partial charge < -0.3 is 29.7 Å². The quantitative estimate of drug-likeness (QED) is 0.554. The van der Waals surface area contributed by atoms with Crippen molar-refractivity contribution in [2.24, 2.45) is 5.92 Å². The topological polar surface area (TPSA) is 104 Å². The Kier molecular flexibility index (Phi) is 9.75. The lowest BCUT2D eigenvalue weighted by Gasteiger charge is -2.37. The lowest BCUT2D eigenvalue weighted by Crippen LogP contribution is -2.50. The Bertz CT molecular complexity index is 1160. The third-order valence-corrected chi connectivity index (χ3v) is 6.28. The van der Waals surface area contributed by atoms with Crippen LogP contribution in [0.5, 0.6) is 11.6 Å². The van der Waals surface area contributed by atoms with Crippen molar-refractivity contribution in [2.45, 2.75) is 45.8 Å². The Morgan fingerprint density at radius 3 is 2.86 bits per heavy atom. The number of rotatable bonds is 7. The average Bonchev–Trinajstić information content (AvgIpc) is 2.90. The fourth-order valence-electron chi connectivity index (χ4n) is 3.99. The van der Waals surface area contributed by atoms with Crippen molar-refractivity contribution in [1.29, 1.82) is 0 Å². The summed E-state index contributed by atoms with van der Waals surface area (Å²) in [7, 11) is 3.23. The maximum atomic E-state index is 13.5. The molecule has 1 aromatic heterocycles. The number of benzene rings is 1. The van der Waals surface area contributed by atoms with Gasteiger partial charge in [0.1, 0.15) is 17.4 Å². The minimum Gasteiger partial charge on any atom is -0.495 e. The molecule has 3 rings (SSSR count). The number of likely N-dealkylation sites (N-methyl/N-ethyl adjacent to an activating group) is 1. The molecule has 3 amide bonds. The van der Waals surface area contributed by atoms with Crippen LogP contribution in [-0.4, -0.2) is 77.8 Å². The summed E-state index contributed by atoms with van der Waals surface area (Å²) in [6, 6.07) is 8.14. The Morgan fingerprint density at radius 1 is 1.41 bits per heavy atom. The van der Waals surface area contributed by atoms with Gasteiger partial charge in [0.25, 0.3) is 5.91 Å². The maximum absolute atomic E-state index is 13.5. The summed E-state index contributed by atoms with van der Waals surface area (Å²) < 4.78 is 11.6. The van der Waals surface area contributed by atoms with Gasteiger partial charge in [-0.05, 0) is 31.5 Å². The number of pyridine rings is 1. The number of aliphatic hydroxyl groups is 1. The number of fused-ring (bicyclic) bond motifs is 1. The predicted octanol–water partition coefficient (Wildman–Crippen LogP) is 3.63. The smallest absolute Gasteiger partial charge is 0.321 e.